The number of rotatable bonds is 13. The fourth-order valence-electron chi connectivity index (χ4n) is 8.23. The minimum Gasteiger partial charge on any atom is -0.394 e. The summed E-state index contributed by atoms with van der Waals surface area (Å²) in [6, 6.07) is -2.11. The van der Waals surface area contributed by atoms with Crippen LogP contribution in [-0.4, -0.2) is 155 Å². The second kappa shape index (κ2) is 19.2. The number of amides is 2. The van der Waals surface area contributed by atoms with Crippen molar-refractivity contribution in [1.29, 1.82) is 0 Å². The zero-order valence-electron chi connectivity index (χ0n) is 31.3. The zero-order chi connectivity index (χ0) is 41.0. The lowest BCUT2D eigenvalue weighted by Crippen LogP contribution is -2.68. The number of carbonyl (C=O) groups excluding carboxylic acids is 2. The minimum absolute atomic E-state index is 0.165. The van der Waals surface area contributed by atoms with E-state index in [2.05, 4.69) is 0 Å². The van der Waals surface area contributed by atoms with Crippen molar-refractivity contribution in [2.75, 3.05) is 20.7 Å². The lowest BCUT2D eigenvalue weighted by atomic mass is 9.77. The maximum Gasteiger partial charge on any atom is 0.471 e. The minimum atomic E-state index is -5.50. The molecule has 2 aliphatic carbocycles. The molecule has 4 fully saturated rings. The number of alkyl halides is 6. The van der Waals surface area contributed by atoms with Gasteiger partial charge in [0.2, 0.25) is 0 Å². The van der Waals surface area contributed by atoms with E-state index in [0.29, 0.717) is 32.1 Å². The van der Waals surface area contributed by atoms with Gasteiger partial charge in [0, 0.05) is 14.1 Å². The first-order valence-electron chi connectivity index (χ1n) is 18.9. The molecule has 0 spiro atoms. The molecule has 7 unspecified atom stereocenters. The quantitative estimate of drug-likeness (QED) is 0.148. The Morgan fingerprint density at radius 1 is 0.836 bits per heavy atom. The van der Waals surface area contributed by atoms with Crippen LogP contribution in [-0.2, 0) is 33.3 Å². The second-order valence-electron chi connectivity index (χ2n) is 15.4. The van der Waals surface area contributed by atoms with Crippen LogP contribution in [0.4, 0.5) is 26.3 Å². The summed E-state index contributed by atoms with van der Waals surface area (Å²) in [7, 11) is 2.49. The summed E-state index contributed by atoms with van der Waals surface area (Å²) in [5, 5.41) is 54.5. The number of nitrogens with one attached hydrogen (secondary N) is 1. The molecule has 55 heavy (non-hydrogen) atoms. The van der Waals surface area contributed by atoms with Crippen molar-refractivity contribution in [1.82, 2.24) is 10.2 Å². The molecule has 320 valence electrons. The third-order valence-electron chi connectivity index (χ3n) is 11.4. The van der Waals surface area contributed by atoms with Gasteiger partial charge in [-0.15, -0.1) is 0 Å². The number of hydrogen-bond acceptors (Lipinski definition) is 12. The van der Waals surface area contributed by atoms with Crippen molar-refractivity contribution in [2.24, 2.45) is 17.8 Å². The lowest BCUT2D eigenvalue weighted by Gasteiger charge is -2.48. The molecule has 0 radical (unpaired) electrons. The predicted molar refractivity (Wildman–Crippen MR) is 178 cm³/mol. The van der Waals surface area contributed by atoms with Crippen LogP contribution in [0.2, 0.25) is 0 Å². The van der Waals surface area contributed by atoms with Crippen LogP contribution in [0.15, 0.2) is 0 Å². The Morgan fingerprint density at radius 2 is 1.49 bits per heavy atom. The zero-order valence-corrected chi connectivity index (χ0v) is 31.3. The molecule has 2 heterocycles. The molecule has 20 heteroatoms. The van der Waals surface area contributed by atoms with Crippen LogP contribution in [0.3, 0.4) is 0 Å². The standard InChI is InChI=1S/C35H56F6N2O12/c1-5-17-12-9-13-20(28(17)55-32-27(48)26(47)24(45)16(2)51-32)53-31-23(42-33(50)35(39,40)41)29(25(46)22(15-44)54-31)52-21(30(49)43(3)4)14-19(34(36,37)38)18-10-7-6-8-11-18/h16-29,31-32,44-48H,5-15H2,1-4H3,(H,42,50)/t16?,17?,19?,20-,21+,22-,23-,24?,25+,26?,27?,28-,29-,31-,32?/m1/s1. The van der Waals surface area contributed by atoms with Crippen molar-refractivity contribution in [3.63, 3.8) is 0 Å². The highest BCUT2D eigenvalue weighted by atomic mass is 19.4. The molecular weight excluding hydrogens is 754 g/mol. The van der Waals surface area contributed by atoms with Gasteiger partial charge < -0.3 is 59.4 Å². The average molecular weight is 811 g/mol. The Hall–Kier alpha value is -1.88. The van der Waals surface area contributed by atoms with Crippen molar-refractivity contribution < 1.29 is 85.1 Å². The van der Waals surface area contributed by atoms with Crippen LogP contribution in [0, 0.1) is 17.8 Å². The van der Waals surface area contributed by atoms with Gasteiger partial charge in [-0.2, -0.15) is 26.3 Å². The highest BCUT2D eigenvalue weighted by Crippen LogP contribution is 2.43. The van der Waals surface area contributed by atoms with E-state index >= 15 is 0 Å². The summed E-state index contributed by atoms with van der Waals surface area (Å²) in [5.41, 5.74) is 0. The van der Waals surface area contributed by atoms with Crippen molar-refractivity contribution >= 4 is 11.8 Å². The topological polar surface area (TPSA) is 197 Å². The van der Waals surface area contributed by atoms with Gasteiger partial charge in [-0.25, -0.2) is 0 Å². The fraction of sp³-hybridized carbons (Fsp3) is 0.943. The molecule has 2 saturated carbocycles. The highest BCUT2D eigenvalue weighted by Gasteiger charge is 2.55. The Kier molecular flexibility index (Phi) is 16.0. The van der Waals surface area contributed by atoms with E-state index in [1.54, 1.807) is 5.32 Å². The predicted octanol–water partition coefficient (Wildman–Crippen LogP) is 1.91. The molecular formula is C35H56F6N2O12. The van der Waals surface area contributed by atoms with E-state index in [1.807, 2.05) is 6.92 Å². The van der Waals surface area contributed by atoms with Crippen LogP contribution in [0.1, 0.15) is 78.1 Å². The molecule has 4 rings (SSSR count). The van der Waals surface area contributed by atoms with Gasteiger partial charge in [-0.3, -0.25) is 9.59 Å². The number of likely N-dealkylation sites (N-methyl/N-ethyl adjacent to an activating group) is 1. The van der Waals surface area contributed by atoms with E-state index in [9.17, 15) is 61.5 Å². The normalized spacial score (nSPS) is 37.9. The van der Waals surface area contributed by atoms with E-state index < -0.39 is 129 Å². The first-order valence-corrected chi connectivity index (χ1v) is 18.9. The van der Waals surface area contributed by atoms with Gasteiger partial charge in [0.1, 0.15) is 48.8 Å². The SMILES string of the molecule is CCC1CCC[C@@H](O[C@@H]2O[C@H](CO)[C@H](O)[C@H](O[C@@H](CC(C3CCCCC3)C(F)(F)F)C(=O)N(C)C)[C@H]2NC(=O)C(F)(F)F)[C@@H]1OC1OC(C)C(O)C(O)C1O. The summed E-state index contributed by atoms with van der Waals surface area (Å²) in [6.07, 6.45) is -26.5. The number of ether oxygens (including phenoxy) is 5. The molecule has 2 saturated heterocycles. The third kappa shape index (κ3) is 11.2. The first kappa shape index (κ1) is 45.8. The van der Waals surface area contributed by atoms with Crippen LogP contribution in [0.5, 0.6) is 0 Å². The number of halogens is 6. The van der Waals surface area contributed by atoms with Crippen LogP contribution in [0.25, 0.3) is 0 Å². The average Bonchev–Trinajstić information content (AvgIpc) is 3.12. The van der Waals surface area contributed by atoms with Crippen molar-refractivity contribution in [2.45, 2.75) is 170 Å². The number of aliphatic hydroxyl groups is 5. The van der Waals surface area contributed by atoms with Crippen LogP contribution < -0.4 is 5.32 Å². The third-order valence-corrected chi connectivity index (χ3v) is 11.4. The Bertz CT molecular complexity index is 1240. The molecule has 15 atom stereocenters. The fourth-order valence-corrected chi connectivity index (χ4v) is 8.23. The van der Waals surface area contributed by atoms with Gasteiger partial charge in [0.15, 0.2) is 12.6 Å². The van der Waals surface area contributed by atoms with Gasteiger partial charge in [-0.1, -0.05) is 39.0 Å². The molecule has 6 N–H and O–H groups in total. The van der Waals surface area contributed by atoms with Crippen molar-refractivity contribution in [3.05, 3.63) is 0 Å². The maximum absolute atomic E-state index is 14.6. The van der Waals surface area contributed by atoms with E-state index in [4.69, 9.17) is 23.7 Å². The first-order chi connectivity index (χ1) is 25.7. The summed E-state index contributed by atoms with van der Waals surface area (Å²) >= 11 is 0. The summed E-state index contributed by atoms with van der Waals surface area (Å²) in [4.78, 5) is 26.9. The van der Waals surface area contributed by atoms with Gasteiger partial charge in [-0.05, 0) is 50.9 Å². The maximum atomic E-state index is 14.6. The molecule has 0 aromatic rings. The number of nitrogens with zero attached hydrogens (tertiary/aromatic N) is 1. The summed E-state index contributed by atoms with van der Waals surface area (Å²) in [6.45, 7) is 2.27. The van der Waals surface area contributed by atoms with E-state index in [-0.39, 0.29) is 25.2 Å². The molecule has 2 aliphatic heterocycles. The second-order valence-corrected chi connectivity index (χ2v) is 15.4. The number of aliphatic hydroxyl groups excluding tert-OH is 5. The van der Waals surface area contributed by atoms with Crippen molar-refractivity contribution in [3.8, 4) is 0 Å². The summed E-state index contributed by atoms with van der Waals surface area (Å²) < 4.78 is 115. The largest absolute Gasteiger partial charge is 0.471 e. The van der Waals surface area contributed by atoms with Gasteiger partial charge >= 0.3 is 18.3 Å². The molecule has 4 aliphatic rings. The van der Waals surface area contributed by atoms with Gasteiger partial charge in [0.25, 0.3) is 5.91 Å². The Labute approximate surface area is 315 Å². The lowest BCUT2D eigenvalue weighted by molar-refractivity contribution is -0.337. The smallest absolute Gasteiger partial charge is 0.394 e. The molecule has 0 aromatic carbocycles. The molecule has 0 aromatic heterocycles. The van der Waals surface area contributed by atoms with E-state index in [1.165, 1.54) is 21.0 Å². The number of carbonyl (C=O) groups is 2. The number of hydrogen-bond donors (Lipinski definition) is 6. The van der Waals surface area contributed by atoms with Gasteiger partial charge in [0.05, 0.1) is 30.8 Å². The van der Waals surface area contributed by atoms with E-state index in [0.717, 1.165) is 11.3 Å². The molecule has 2 amide bonds. The molecule has 0 bridgehead atoms. The highest BCUT2D eigenvalue weighted by molar-refractivity contribution is 5.82. The summed E-state index contributed by atoms with van der Waals surface area (Å²) in [5.74, 6) is -6.76. The Morgan fingerprint density at radius 3 is 2.05 bits per heavy atom. The Balaban J connectivity index is 1.71. The molecule has 14 nitrogen and oxygen atoms in total. The monoisotopic (exact) mass is 810 g/mol. The van der Waals surface area contributed by atoms with Crippen LogP contribution >= 0.6 is 0 Å².